The van der Waals surface area contributed by atoms with Gasteiger partial charge in [0.15, 0.2) is 0 Å². The number of rotatable bonds is 3. The van der Waals surface area contributed by atoms with Crippen LogP contribution in [0.25, 0.3) is 0 Å². The lowest BCUT2D eigenvalue weighted by molar-refractivity contribution is -0.141. The zero-order valence-corrected chi connectivity index (χ0v) is 12.1. The quantitative estimate of drug-likeness (QED) is 0.938. The largest absolute Gasteiger partial charge is 0.481 e. The van der Waals surface area contributed by atoms with Crippen molar-refractivity contribution >= 4 is 11.7 Å². The summed E-state index contributed by atoms with van der Waals surface area (Å²) in [5, 5.41) is 9.36. The molecule has 1 heterocycles. The van der Waals surface area contributed by atoms with Crippen LogP contribution in [0.3, 0.4) is 0 Å². The van der Waals surface area contributed by atoms with Crippen LogP contribution >= 0.6 is 0 Å². The summed E-state index contributed by atoms with van der Waals surface area (Å²) in [6, 6.07) is 16.5. The third-order valence-electron chi connectivity index (χ3n) is 4.08. The number of para-hydroxylation sites is 1. The van der Waals surface area contributed by atoms with E-state index in [1.54, 1.807) is 0 Å². The topological polar surface area (TPSA) is 40.5 Å². The van der Waals surface area contributed by atoms with E-state index in [-0.39, 0.29) is 5.92 Å². The van der Waals surface area contributed by atoms with Crippen molar-refractivity contribution in [1.82, 2.24) is 0 Å². The van der Waals surface area contributed by atoms with Gasteiger partial charge in [0.1, 0.15) is 0 Å². The molecule has 108 valence electrons. The van der Waals surface area contributed by atoms with Crippen molar-refractivity contribution in [2.24, 2.45) is 5.92 Å². The molecule has 3 heteroatoms. The van der Waals surface area contributed by atoms with Crippen LogP contribution in [0.1, 0.15) is 16.7 Å². The van der Waals surface area contributed by atoms with Gasteiger partial charge in [-0.05, 0) is 30.5 Å². The molecular weight excluding hydrogens is 262 g/mol. The van der Waals surface area contributed by atoms with Crippen molar-refractivity contribution in [3.05, 3.63) is 65.2 Å². The molecule has 1 atom stereocenters. The number of hydrogen-bond donors (Lipinski definition) is 1. The molecular formula is C18H19NO2. The third-order valence-corrected chi connectivity index (χ3v) is 4.08. The molecule has 0 saturated carbocycles. The van der Waals surface area contributed by atoms with E-state index in [9.17, 15) is 9.90 Å². The first kappa shape index (κ1) is 13.7. The molecule has 0 aliphatic carbocycles. The van der Waals surface area contributed by atoms with Gasteiger partial charge in [-0.15, -0.1) is 0 Å². The molecule has 2 aromatic carbocycles. The van der Waals surface area contributed by atoms with Crippen molar-refractivity contribution in [2.45, 2.75) is 19.9 Å². The summed E-state index contributed by atoms with van der Waals surface area (Å²) in [6.07, 6.45) is 0.621. The van der Waals surface area contributed by atoms with Gasteiger partial charge in [-0.1, -0.05) is 48.0 Å². The Kier molecular flexibility index (Phi) is 3.65. The Hall–Kier alpha value is -2.29. The van der Waals surface area contributed by atoms with Crippen molar-refractivity contribution in [3.63, 3.8) is 0 Å². The number of aryl methyl sites for hydroxylation is 1. The molecule has 0 fully saturated rings. The lowest BCUT2D eigenvalue weighted by Crippen LogP contribution is -2.38. The molecule has 1 aliphatic heterocycles. The highest BCUT2D eigenvalue weighted by Gasteiger charge is 2.28. The number of hydrogen-bond acceptors (Lipinski definition) is 2. The maximum absolute atomic E-state index is 11.4. The van der Waals surface area contributed by atoms with Gasteiger partial charge in [0.25, 0.3) is 0 Å². The Labute approximate surface area is 124 Å². The Bertz CT molecular complexity index is 649. The molecule has 0 aromatic heterocycles. The molecule has 1 aliphatic rings. The van der Waals surface area contributed by atoms with Crippen molar-refractivity contribution < 1.29 is 9.90 Å². The third kappa shape index (κ3) is 2.92. The summed E-state index contributed by atoms with van der Waals surface area (Å²) in [5.41, 5.74) is 4.74. The summed E-state index contributed by atoms with van der Waals surface area (Å²) >= 11 is 0. The number of carboxylic acids is 1. The molecule has 0 radical (unpaired) electrons. The monoisotopic (exact) mass is 281 g/mol. The van der Waals surface area contributed by atoms with E-state index >= 15 is 0 Å². The van der Waals surface area contributed by atoms with Crippen LogP contribution in [-0.2, 0) is 17.8 Å². The second-order valence-electron chi connectivity index (χ2n) is 5.73. The van der Waals surface area contributed by atoms with E-state index in [4.69, 9.17) is 0 Å². The normalized spacial score (nSPS) is 17.4. The summed E-state index contributed by atoms with van der Waals surface area (Å²) in [6.45, 7) is 3.39. The van der Waals surface area contributed by atoms with Gasteiger partial charge in [0.05, 0.1) is 5.92 Å². The van der Waals surface area contributed by atoms with E-state index in [1.807, 2.05) is 18.2 Å². The summed E-state index contributed by atoms with van der Waals surface area (Å²) in [7, 11) is 0. The van der Waals surface area contributed by atoms with Crippen molar-refractivity contribution in [1.29, 1.82) is 0 Å². The molecule has 2 aromatic rings. The van der Waals surface area contributed by atoms with Crippen LogP contribution in [0.4, 0.5) is 5.69 Å². The second-order valence-corrected chi connectivity index (χ2v) is 5.73. The van der Waals surface area contributed by atoms with Gasteiger partial charge < -0.3 is 10.0 Å². The zero-order chi connectivity index (χ0) is 14.8. The average Bonchev–Trinajstić information content (AvgIpc) is 2.49. The molecule has 1 N–H and O–H groups in total. The van der Waals surface area contributed by atoms with Crippen LogP contribution < -0.4 is 4.90 Å². The fourth-order valence-electron chi connectivity index (χ4n) is 2.92. The highest BCUT2D eigenvalue weighted by Crippen LogP contribution is 2.30. The summed E-state index contributed by atoms with van der Waals surface area (Å²) in [4.78, 5) is 13.6. The first-order valence-electron chi connectivity index (χ1n) is 7.24. The van der Waals surface area contributed by atoms with Crippen LogP contribution in [0.15, 0.2) is 48.5 Å². The predicted octanol–water partition coefficient (Wildman–Crippen LogP) is 3.26. The predicted molar refractivity (Wildman–Crippen MR) is 83.5 cm³/mol. The van der Waals surface area contributed by atoms with Gasteiger partial charge in [0, 0.05) is 18.8 Å². The Morgan fingerprint density at radius 3 is 2.62 bits per heavy atom. The fraction of sp³-hybridized carbons (Fsp3) is 0.278. The lowest BCUT2D eigenvalue weighted by Gasteiger charge is -2.34. The number of nitrogens with zero attached hydrogens (tertiary/aromatic N) is 1. The number of aliphatic carboxylic acids is 1. The minimum absolute atomic E-state index is 0.328. The second kappa shape index (κ2) is 5.60. The molecule has 21 heavy (non-hydrogen) atoms. The fourth-order valence-corrected chi connectivity index (χ4v) is 2.92. The maximum Gasteiger partial charge on any atom is 0.308 e. The first-order valence-corrected chi connectivity index (χ1v) is 7.24. The zero-order valence-electron chi connectivity index (χ0n) is 12.1. The minimum Gasteiger partial charge on any atom is -0.481 e. The summed E-state index contributed by atoms with van der Waals surface area (Å²) in [5.74, 6) is -1.04. The lowest BCUT2D eigenvalue weighted by atomic mass is 9.92. The highest BCUT2D eigenvalue weighted by molar-refractivity contribution is 5.74. The molecule has 1 unspecified atom stereocenters. The van der Waals surface area contributed by atoms with Crippen molar-refractivity contribution in [3.8, 4) is 0 Å². The Balaban J connectivity index is 1.89. The number of benzene rings is 2. The van der Waals surface area contributed by atoms with Gasteiger partial charge >= 0.3 is 5.97 Å². The molecule has 0 amide bonds. The molecule has 0 spiro atoms. The van der Waals surface area contributed by atoms with E-state index in [0.29, 0.717) is 13.0 Å². The van der Waals surface area contributed by atoms with Gasteiger partial charge in [0.2, 0.25) is 0 Å². The highest BCUT2D eigenvalue weighted by atomic mass is 16.4. The first-order chi connectivity index (χ1) is 10.1. The standard InChI is InChI=1S/C18H19NO2/c1-13-6-8-14(9-7-13)11-19-12-16(18(20)21)10-15-4-2-3-5-17(15)19/h2-9,16H,10-12H2,1H3,(H,20,21). The van der Waals surface area contributed by atoms with Crippen molar-refractivity contribution in [2.75, 3.05) is 11.4 Å². The van der Waals surface area contributed by atoms with Gasteiger partial charge in [-0.3, -0.25) is 4.79 Å². The average molecular weight is 281 g/mol. The van der Waals surface area contributed by atoms with Gasteiger partial charge in [-0.25, -0.2) is 0 Å². The van der Waals surface area contributed by atoms with Crippen LogP contribution in [-0.4, -0.2) is 17.6 Å². The van der Waals surface area contributed by atoms with Crippen LogP contribution in [0, 0.1) is 12.8 Å². The SMILES string of the molecule is Cc1ccc(CN2CC(C(=O)O)Cc3ccccc32)cc1. The molecule has 3 nitrogen and oxygen atoms in total. The summed E-state index contributed by atoms with van der Waals surface area (Å²) < 4.78 is 0. The van der Waals surface area contributed by atoms with Gasteiger partial charge in [-0.2, -0.15) is 0 Å². The smallest absolute Gasteiger partial charge is 0.308 e. The van der Waals surface area contributed by atoms with E-state index in [2.05, 4.69) is 42.2 Å². The maximum atomic E-state index is 11.4. The van der Waals surface area contributed by atoms with Crippen LogP contribution in [0.2, 0.25) is 0 Å². The van der Waals surface area contributed by atoms with E-state index in [0.717, 1.165) is 17.8 Å². The van der Waals surface area contributed by atoms with E-state index in [1.165, 1.54) is 11.1 Å². The Morgan fingerprint density at radius 1 is 1.19 bits per heavy atom. The number of carbonyl (C=O) groups is 1. The van der Waals surface area contributed by atoms with E-state index < -0.39 is 5.97 Å². The number of fused-ring (bicyclic) bond motifs is 1. The Morgan fingerprint density at radius 2 is 1.90 bits per heavy atom. The molecule has 0 bridgehead atoms. The molecule has 0 saturated heterocycles. The molecule has 3 rings (SSSR count). The number of anilines is 1. The van der Waals surface area contributed by atoms with Crippen LogP contribution in [0.5, 0.6) is 0 Å². The minimum atomic E-state index is -0.710. The number of carboxylic acid groups (broad SMARTS) is 1.